The summed E-state index contributed by atoms with van der Waals surface area (Å²) in [5.74, 6) is 0. The van der Waals surface area contributed by atoms with Crippen molar-refractivity contribution in [2.24, 2.45) is 0 Å². The maximum Gasteiger partial charge on any atom is 0.0644 e. The molecule has 4 nitrogen and oxygen atoms in total. The highest BCUT2D eigenvalue weighted by Gasteiger charge is 2.20. The van der Waals surface area contributed by atoms with Crippen molar-refractivity contribution in [3.05, 3.63) is 52.3 Å². The summed E-state index contributed by atoms with van der Waals surface area (Å²) in [5, 5.41) is 17.3. The number of nitrogens with one attached hydrogen (secondary N) is 1. The maximum absolute atomic E-state index is 9.12. The molecule has 23 heavy (non-hydrogen) atoms. The van der Waals surface area contributed by atoms with Gasteiger partial charge in [-0.3, -0.25) is 4.68 Å². The highest BCUT2D eigenvalue weighted by molar-refractivity contribution is 5.28. The topological polar surface area (TPSA) is 50.1 Å². The number of hydrogen-bond acceptors (Lipinski definition) is 3. The molecule has 0 fully saturated rings. The predicted molar refractivity (Wildman–Crippen MR) is 94.6 cm³/mol. The molecule has 0 amide bonds. The summed E-state index contributed by atoms with van der Waals surface area (Å²) < 4.78 is 1.89. The minimum Gasteiger partial charge on any atom is -0.394 e. The molecule has 0 saturated heterocycles. The van der Waals surface area contributed by atoms with Crippen LogP contribution in [0.4, 0.5) is 0 Å². The maximum atomic E-state index is 9.12. The van der Waals surface area contributed by atoms with Gasteiger partial charge in [0, 0.05) is 23.3 Å². The van der Waals surface area contributed by atoms with Crippen molar-refractivity contribution in [2.75, 3.05) is 6.61 Å². The van der Waals surface area contributed by atoms with Gasteiger partial charge in [0.25, 0.3) is 0 Å². The van der Waals surface area contributed by atoms with E-state index in [1.54, 1.807) is 0 Å². The Kier molecular flexibility index (Phi) is 5.60. The second-order valence-electron chi connectivity index (χ2n) is 6.94. The summed E-state index contributed by atoms with van der Waals surface area (Å²) in [4.78, 5) is 0. The third kappa shape index (κ3) is 4.43. The summed E-state index contributed by atoms with van der Waals surface area (Å²) in [6.45, 7) is 12.2. The third-order valence-corrected chi connectivity index (χ3v) is 4.48. The molecule has 1 heterocycles. The molecule has 0 spiro atoms. The standard InChI is InChI=1S/C19H29N3O/c1-14-8-6-7-9-17(14)12-19(4,5)20-13-18-15(2)21-22(10-11-23)16(18)3/h6-9,20,23H,10-13H2,1-5H3. The number of rotatable bonds is 7. The number of aromatic nitrogens is 2. The molecule has 126 valence electrons. The van der Waals surface area contributed by atoms with Crippen LogP contribution >= 0.6 is 0 Å². The van der Waals surface area contributed by atoms with Crippen LogP contribution in [0, 0.1) is 20.8 Å². The van der Waals surface area contributed by atoms with Crippen LogP contribution in [0.3, 0.4) is 0 Å². The van der Waals surface area contributed by atoms with E-state index < -0.39 is 0 Å². The first-order valence-corrected chi connectivity index (χ1v) is 8.27. The average molecular weight is 315 g/mol. The van der Waals surface area contributed by atoms with Crippen LogP contribution in [0.25, 0.3) is 0 Å². The Morgan fingerprint density at radius 1 is 1.17 bits per heavy atom. The van der Waals surface area contributed by atoms with E-state index in [1.165, 1.54) is 16.7 Å². The van der Waals surface area contributed by atoms with Gasteiger partial charge in [-0.15, -0.1) is 0 Å². The fraction of sp³-hybridized carbons (Fsp3) is 0.526. The van der Waals surface area contributed by atoms with E-state index in [0.29, 0.717) is 6.54 Å². The zero-order valence-electron chi connectivity index (χ0n) is 15.0. The molecule has 0 aliphatic heterocycles. The quantitative estimate of drug-likeness (QED) is 0.826. The number of hydrogen-bond donors (Lipinski definition) is 2. The van der Waals surface area contributed by atoms with Crippen LogP contribution in [-0.2, 0) is 19.5 Å². The van der Waals surface area contributed by atoms with Crippen molar-refractivity contribution in [1.29, 1.82) is 0 Å². The third-order valence-electron chi connectivity index (χ3n) is 4.48. The Morgan fingerprint density at radius 3 is 2.52 bits per heavy atom. The molecule has 0 aliphatic carbocycles. The van der Waals surface area contributed by atoms with Gasteiger partial charge in [0.2, 0.25) is 0 Å². The van der Waals surface area contributed by atoms with Crippen molar-refractivity contribution in [1.82, 2.24) is 15.1 Å². The summed E-state index contributed by atoms with van der Waals surface area (Å²) in [7, 11) is 0. The second-order valence-corrected chi connectivity index (χ2v) is 6.94. The zero-order chi connectivity index (χ0) is 17.0. The lowest BCUT2D eigenvalue weighted by molar-refractivity contribution is 0.267. The molecule has 2 rings (SSSR count). The Morgan fingerprint density at radius 2 is 1.87 bits per heavy atom. The molecule has 1 aromatic heterocycles. The SMILES string of the molecule is Cc1ccccc1CC(C)(C)NCc1c(C)nn(CCO)c1C. The summed E-state index contributed by atoms with van der Waals surface area (Å²) >= 11 is 0. The van der Waals surface area contributed by atoms with Gasteiger partial charge in [-0.05, 0) is 52.2 Å². The smallest absolute Gasteiger partial charge is 0.0644 e. The van der Waals surface area contributed by atoms with Crippen LogP contribution < -0.4 is 5.32 Å². The number of aliphatic hydroxyl groups excluding tert-OH is 1. The van der Waals surface area contributed by atoms with Gasteiger partial charge in [0.15, 0.2) is 0 Å². The molecule has 4 heteroatoms. The van der Waals surface area contributed by atoms with Crippen LogP contribution in [0.1, 0.15) is 41.9 Å². The Bertz CT molecular complexity index is 659. The summed E-state index contributed by atoms with van der Waals surface area (Å²) in [6, 6.07) is 8.56. The molecule has 0 unspecified atom stereocenters. The molecule has 0 atom stereocenters. The molecular weight excluding hydrogens is 286 g/mol. The number of aliphatic hydroxyl groups is 1. The van der Waals surface area contributed by atoms with E-state index in [4.69, 9.17) is 5.11 Å². The first-order valence-electron chi connectivity index (χ1n) is 8.27. The Balaban J connectivity index is 2.06. The van der Waals surface area contributed by atoms with Gasteiger partial charge in [-0.25, -0.2) is 0 Å². The molecule has 0 aliphatic rings. The minimum atomic E-state index is 0.00404. The number of nitrogens with zero attached hydrogens (tertiary/aromatic N) is 2. The molecule has 2 N–H and O–H groups in total. The lowest BCUT2D eigenvalue weighted by Gasteiger charge is -2.27. The van der Waals surface area contributed by atoms with Crippen LogP contribution in [-0.4, -0.2) is 27.0 Å². The van der Waals surface area contributed by atoms with Gasteiger partial charge in [-0.2, -0.15) is 5.10 Å². The minimum absolute atomic E-state index is 0.00404. The highest BCUT2D eigenvalue weighted by atomic mass is 16.3. The fourth-order valence-electron chi connectivity index (χ4n) is 2.98. The lowest BCUT2D eigenvalue weighted by Crippen LogP contribution is -2.41. The lowest BCUT2D eigenvalue weighted by atomic mass is 9.92. The first kappa shape index (κ1) is 17.7. The fourth-order valence-corrected chi connectivity index (χ4v) is 2.98. The average Bonchev–Trinajstić information content (AvgIpc) is 2.74. The van der Waals surface area contributed by atoms with Crippen LogP contribution in [0.2, 0.25) is 0 Å². The van der Waals surface area contributed by atoms with Gasteiger partial charge in [0.05, 0.1) is 18.8 Å². The van der Waals surface area contributed by atoms with Crippen molar-refractivity contribution in [3.63, 3.8) is 0 Å². The van der Waals surface area contributed by atoms with E-state index in [-0.39, 0.29) is 12.1 Å². The van der Waals surface area contributed by atoms with E-state index in [2.05, 4.69) is 62.4 Å². The summed E-state index contributed by atoms with van der Waals surface area (Å²) in [5.41, 5.74) is 6.13. The Hall–Kier alpha value is -1.65. The van der Waals surface area contributed by atoms with Crippen molar-refractivity contribution < 1.29 is 5.11 Å². The van der Waals surface area contributed by atoms with Crippen molar-refractivity contribution in [3.8, 4) is 0 Å². The second kappa shape index (κ2) is 7.28. The molecule has 0 bridgehead atoms. The first-order chi connectivity index (χ1) is 10.8. The van der Waals surface area contributed by atoms with Gasteiger partial charge >= 0.3 is 0 Å². The molecule has 0 saturated carbocycles. The highest BCUT2D eigenvalue weighted by Crippen LogP contribution is 2.19. The van der Waals surface area contributed by atoms with Gasteiger partial charge in [-0.1, -0.05) is 24.3 Å². The largest absolute Gasteiger partial charge is 0.394 e. The van der Waals surface area contributed by atoms with E-state index >= 15 is 0 Å². The van der Waals surface area contributed by atoms with E-state index in [9.17, 15) is 0 Å². The van der Waals surface area contributed by atoms with Gasteiger partial charge < -0.3 is 10.4 Å². The normalized spacial score (nSPS) is 11.9. The Labute approximate surface area is 139 Å². The van der Waals surface area contributed by atoms with Crippen molar-refractivity contribution in [2.45, 2.75) is 59.7 Å². The summed E-state index contributed by atoms with van der Waals surface area (Å²) in [6.07, 6.45) is 0.989. The van der Waals surface area contributed by atoms with Gasteiger partial charge in [0.1, 0.15) is 0 Å². The predicted octanol–water partition coefficient (Wildman–Crippen LogP) is 2.91. The van der Waals surface area contributed by atoms with E-state index in [0.717, 1.165) is 24.4 Å². The molecule has 2 aromatic rings. The van der Waals surface area contributed by atoms with Crippen LogP contribution in [0.15, 0.2) is 24.3 Å². The number of aryl methyl sites for hydroxylation is 2. The zero-order valence-corrected chi connectivity index (χ0v) is 15.0. The van der Waals surface area contributed by atoms with E-state index in [1.807, 2.05) is 11.6 Å². The van der Waals surface area contributed by atoms with Crippen molar-refractivity contribution >= 4 is 0 Å². The molecule has 1 aromatic carbocycles. The van der Waals surface area contributed by atoms with Crippen LogP contribution in [0.5, 0.6) is 0 Å². The number of benzene rings is 1. The monoisotopic (exact) mass is 315 g/mol. The molecule has 0 radical (unpaired) electrons. The molecular formula is C19H29N3O.